The van der Waals surface area contributed by atoms with Crippen LogP contribution in [0.3, 0.4) is 0 Å². The number of hydrogen-bond acceptors (Lipinski definition) is 4. The van der Waals surface area contributed by atoms with Crippen molar-refractivity contribution in [1.82, 2.24) is 4.98 Å². The highest BCUT2D eigenvalue weighted by atomic mass is 79.9. The van der Waals surface area contributed by atoms with Crippen molar-refractivity contribution in [1.29, 1.82) is 0 Å². The second-order valence-corrected chi connectivity index (χ2v) is 4.99. The highest BCUT2D eigenvalue weighted by molar-refractivity contribution is 9.10. The van der Waals surface area contributed by atoms with Gasteiger partial charge in [0.15, 0.2) is 0 Å². The fourth-order valence-corrected chi connectivity index (χ4v) is 1.97. The molecule has 1 saturated carbocycles. The number of pyridine rings is 1. The molecular weight excluding hydrogens is 302 g/mol. The molecule has 0 spiro atoms. The largest absolute Gasteiger partial charge is 0.443 e. The number of aromatic nitrogens is 1. The number of hydrogen-bond donors (Lipinski definition) is 2. The minimum atomic E-state index is -0.846. The summed E-state index contributed by atoms with van der Waals surface area (Å²) in [6, 6.07) is 5.20. The molecule has 1 aliphatic carbocycles. The van der Waals surface area contributed by atoms with E-state index in [-0.39, 0.29) is 12.3 Å². The lowest BCUT2D eigenvalue weighted by atomic mass is 10.2. The van der Waals surface area contributed by atoms with E-state index >= 15 is 0 Å². The molecule has 96 valence electrons. The summed E-state index contributed by atoms with van der Waals surface area (Å²) in [4.78, 5) is 26.5. The number of carbonyl (C=O) groups excluding carboxylic acids is 2. The van der Waals surface area contributed by atoms with Crippen LogP contribution in [0.5, 0.6) is 0 Å². The van der Waals surface area contributed by atoms with E-state index in [1.54, 1.807) is 18.2 Å². The summed E-state index contributed by atoms with van der Waals surface area (Å²) in [6.45, 7) is 0. The van der Waals surface area contributed by atoms with Gasteiger partial charge >= 0.3 is 6.09 Å². The molecule has 1 heterocycles. The Morgan fingerprint density at radius 3 is 2.78 bits per heavy atom. The third kappa shape index (κ3) is 3.43. The molecule has 0 atom stereocenters. The fourth-order valence-electron chi connectivity index (χ4n) is 1.63. The number of anilines is 1. The molecule has 1 aliphatic rings. The van der Waals surface area contributed by atoms with Crippen molar-refractivity contribution in [3.8, 4) is 0 Å². The molecule has 0 aliphatic heterocycles. The van der Waals surface area contributed by atoms with Crippen molar-refractivity contribution >= 4 is 33.7 Å². The molecule has 18 heavy (non-hydrogen) atoms. The summed E-state index contributed by atoms with van der Waals surface area (Å²) in [6.07, 6.45) is 0.579. The van der Waals surface area contributed by atoms with E-state index in [1.165, 1.54) is 0 Å². The lowest BCUT2D eigenvalue weighted by Gasteiger charge is -2.14. The third-order valence-corrected chi connectivity index (χ3v) is 3.03. The van der Waals surface area contributed by atoms with Crippen LogP contribution in [-0.4, -0.2) is 22.6 Å². The number of carbonyl (C=O) groups is 2. The molecule has 1 aromatic heterocycles. The van der Waals surface area contributed by atoms with Gasteiger partial charge in [0.25, 0.3) is 0 Å². The van der Waals surface area contributed by atoms with Crippen molar-refractivity contribution in [2.45, 2.75) is 24.9 Å². The number of nitrogens with two attached hydrogens (primary N) is 1. The molecule has 0 bridgehead atoms. The van der Waals surface area contributed by atoms with Crippen LogP contribution < -0.4 is 11.1 Å². The lowest BCUT2D eigenvalue weighted by Crippen LogP contribution is -2.29. The average molecular weight is 314 g/mol. The molecule has 0 aromatic carbocycles. The van der Waals surface area contributed by atoms with Gasteiger partial charge < -0.3 is 15.8 Å². The summed E-state index contributed by atoms with van der Waals surface area (Å²) in [5, 5.41) is 2.64. The van der Waals surface area contributed by atoms with Gasteiger partial charge in [0.2, 0.25) is 5.91 Å². The average Bonchev–Trinajstić information content (AvgIpc) is 2.95. The predicted octanol–water partition coefficient (Wildman–Crippen LogP) is 1.80. The maximum Gasteiger partial charge on any atom is 0.405 e. The molecule has 1 fully saturated rings. The first-order chi connectivity index (χ1) is 8.49. The highest BCUT2D eigenvalue weighted by Crippen LogP contribution is 2.42. The molecule has 6 nitrogen and oxygen atoms in total. The van der Waals surface area contributed by atoms with Crippen molar-refractivity contribution < 1.29 is 14.3 Å². The van der Waals surface area contributed by atoms with Gasteiger partial charge in [0.1, 0.15) is 16.0 Å². The minimum Gasteiger partial charge on any atom is -0.443 e. The number of ether oxygens (including phenoxy) is 1. The van der Waals surface area contributed by atoms with Gasteiger partial charge in [-0.1, -0.05) is 6.07 Å². The number of nitrogens with one attached hydrogen (secondary N) is 1. The summed E-state index contributed by atoms with van der Waals surface area (Å²) in [5.41, 5.74) is 4.25. The third-order valence-electron chi connectivity index (χ3n) is 2.59. The van der Waals surface area contributed by atoms with Crippen LogP contribution in [-0.2, 0) is 9.53 Å². The lowest BCUT2D eigenvalue weighted by molar-refractivity contribution is -0.118. The number of nitrogens with zero attached hydrogens (tertiary/aromatic N) is 1. The van der Waals surface area contributed by atoms with E-state index in [0.717, 1.165) is 0 Å². The summed E-state index contributed by atoms with van der Waals surface area (Å²) in [5.74, 6) is 0.198. The Labute approximate surface area is 112 Å². The van der Waals surface area contributed by atoms with Gasteiger partial charge in [-0.25, -0.2) is 9.78 Å². The molecule has 2 amide bonds. The van der Waals surface area contributed by atoms with Crippen LogP contribution in [0.1, 0.15) is 19.3 Å². The van der Waals surface area contributed by atoms with Crippen molar-refractivity contribution in [3.05, 3.63) is 22.8 Å². The van der Waals surface area contributed by atoms with Crippen molar-refractivity contribution in [3.63, 3.8) is 0 Å². The Bertz CT molecular complexity index is 488. The minimum absolute atomic E-state index is 0.101. The maximum absolute atomic E-state index is 11.8. The van der Waals surface area contributed by atoms with Crippen LogP contribution in [0.25, 0.3) is 0 Å². The molecule has 3 N–H and O–H groups in total. The normalized spacial score (nSPS) is 15.8. The van der Waals surface area contributed by atoms with Crippen LogP contribution in [0.15, 0.2) is 22.8 Å². The van der Waals surface area contributed by atoms with Gasteiger partial charge in [0.05, 0.1) is 6.42 Å². The van der Waals surface area contributed by atoms with Gasteiger partial charge in [-0.15, -0.1) is 0 Å². The second-order valence-electron chi connectivity index (χ2n) is 4.17. The van der Waals surface area contributed by atoms with Gasteiger partial charge in [0, 0.05) is 0 Å². The first kappa shape index (κ1) is 12.8. The second kappa shape index (κ2) is 4.93. The zero-order chi connectivity index (χ0) is 13.2. The summed E-state index contributed by atoms with van der Waals surface area (Å²) in [7, 11) is 0. The first-order valence-electron chi connectivity index (χ1n) is 5.40. The van der Waals surface area contributed by atoms with Crippen molar-refractivity contribution in [2.24, 2.45) is 5.73 Å². The molecule has 0 saturated heterocycles. The molecular formula is C11H12BrN3O3. The first-order valence-corrected chi connectivity index (χ1v) is 6.19. The highest BCUT2D eigenvalue weighted by Gasteiger charge is 2.48. The quantitative estimate of drug-likeness (QED) is 0.829. The Morgan fingerprint density at radius 1 is 1.50 bits per heavy atom. The van der Waals surface area contributed by atoms with Crippen LogP contribution in [0, 0.1) is 0 Å². The summed E-state index contributed by atoms with van der Waals surface area (Å²) >= 11 is 3.21. The van der Waals surface area contributed by atoms with Crippen LogP contribution in [0.2, 0.25) is 0 Å². The SMILES string of the molecule is NC(=O)OC1(CC(=O)Nc2cccc(Br)n2)CC1. The number of primary amides is 1. The van der Waals surface area contributed by atoms with Gasteiger partial charge in [-0.3, -0.25) is 4.79 Å². The van der Waals surface area contributed by atoms with Crippen LogP contribution >= 0.6 is 15.9 Å². The monoisotopic (exact) mass is 313 g/mol. The standard InChI is InChI=1S/C11H12BrN3O3/c12-7-2-1-3-8(14-7)15-9(16)6-11(4-5-11)18-10(13)17/h1-3H,4-6H2,(H2,13,17)(H,14,15,16). The predicted molar refractivity (Wildman–Crippen MR) is 67.8 cm³/mol. The van der Waals surface area contributed by atoms with E-state index in [2.05, 4.69) is 26.2 Å². The topological polar surface area (TPSA) is 94.3 Å². The van der Waals surface area contributed by atoms with E-state index in [9.17, 15) is 9.59 Å². The Kier molecular flexibility index (Phi) is 3.51. The zero-order valence-corrected chi connectivity index (χ0v) is 11.1. The van der Waals surface area contributed by atoms with E-state index in [0.29, 0.717) is 23.3 Å². The van der Waals surface area contributed by atoms with E-state index in [4.69, 9.17) is 10.5 Å². The van der Waals surface area contributed by atoms with Crippen LogP contribution in [0.4, 0.5) is 10.6 Å². The Hall–Kier alpha value is -1.63. The maximum atomic E-state index is 11.8. The smallest absolute Gasteiger partial charge is 0.405 e. The number of rotatable bonds is 4. The molecule has 7 heteroatoms. The summed E-state index contributed by atoms with van der Waals surface area (Å²) < 4.78 is 5.56. The molecule has 0 unspecified atom stereocenters. The van der Waals surface area contributed by atoms with E-state index < -0.39 is 11.7 Å². The molecule has 2 rings (SSSR count). The molecule has 1 aromatic rings. The fraction of sp³-hybridized carbons (Fsp3) is 0.364. The van der Waals surface area contributed by atoms with Gasteiger partial charge in [-0.2, -0.15) is 0 Å². The van der Waals surface area contributed by atoms with Crippen molar-refractivity contribution in [2.75, 3.05) is 5.32 Å². The Morgan fingerprint density at radius 2 is 2.22 bits per heavy atom. The zero-order valence-electron chi connectivity index (χ0n) is 9.48. The Balaban J connectivity index is 1.91. The van der Waals surface area contributed by atoms with E-state index in [1.807, 2.05) is 0 Å². The number of halogens is 1. The van der Waals surface area contributed by atoms with Gasteiger partial charge in [-0.05, 0) is 40.9 Å². The number of amides is 2. The molecule has 0 radical (unpaired) electrons.